The van der Waals surface area contributed by atoms with E-state index >= 15 is 0 Å². The number of nitrogens with one attached hydrogen (secondary N) is 1. The Morgan fingerprint density at radius 3 is 2.66 bits per heavy atom. The van der Waals surface area contributed by atoms with Crippen LogP contribution in [0.1, 0.15) is 36.4 Å². The number of hydrogen-bond donors (Lipinski definition) is 1. The number of aromatic nitrogens is 2. The smallest absolute Gasteiger partial charge is 0.253 e. The van der Waals surface area contributed by atoms with Crippen LogP contribution in [0, 0.1) is 0 Å². The van der Waals surface area contributed by atoms with Gasteiger partial charge in [0.2, 0.25) is 5.13 Å². The van der Waals surface area contributed by atoms with E-state index in [9.17, 15) is 4.79 Å². The van der Waals surface area contributed by atoms with E-state index in [0.29, 0.717) is 12.5 Å². The highest BCUT2D eigenvalue weighted by Gasteiger charge is 2.33. The summed E-state index contributed by atoms with van der Waals surface area (Å²) in [5, 5.41) is 18.9. The van der Waals surface area contributed by atoms with E-state index in [0.717, 1.165) is 32.1 Å². The standard InChI is InChI=1S/C23H23N5O2S2/c1-30-18-11-7-16(8-12-18)20-13-19(15-5-3-2-4-6-15)27-28(20)21(29)14-31-23-26-25-22(32-23)24-17-9-10-17/h2-8,11-12,17,20H,9-10,13-14H2,1H3,(H,24,25)/t20-/m1/s1. The van der Waals surface area contributed by atoms with Crippen molar-refractivity contribution in [3.8, 4) is 5.75 Å². The van der Waals surface area contributed by atoms with Crippen molar-refractivity contribution in [1.82, 2.24) is 15.2 Å². The number of ether oxygens (including phenoxy) is 1. The van der Waals surface area contributed by atoms with Crippen LogP contribution in [0.2, 0.25) is 0 Å². The minimum absolute atomic E-state index is 0.0475. The lowest BCUT2D eigenvalue weighted by Gasteiger charge is -2.22. The number of anilines is 1. The normalized spacial score (nSPS) is 17.8. The van der Waals surface area contributed by atoms with Gasteiger partial charge in [-0.3, -0.25) is 4.79 Å². The first kappa shape index (κ1) is 21.0. The van der Waals surface area contributed by atoms with Crippen LogP contribution < -0.4 is 10.1 Å². The van der Waals surface area contributed by atoms with Crippen LogP contribution >= 0.6 is 23.1 Å². The maximum atomic E-state index is 13.2. The van der Waals surface area contributed by atoms with E-state index in [4.69, 9.17) is 9.84 Å². The first-order chi connectivity index (χ1) is 15.7. The molecule has 3 aromatic rings. The van der Waals surface area contributed by atoms with Gasteiger partial charge < -0.3 is 10.1 Å². The van der Waals surface area contributed by atoms with Gasteiger partial charge in [0.25, 0.3) is 5.91 Å². The van der Waals surface area contributed by atoms with Gasteiger partial charge in [-0.15, -0.1) is 10.2 Å². The molecule has 2 heterocycles. The summed E-state index contributed by atoms with van der Waals surface area (Å²) in [6.07, 6.45) is 3.04. The van der Waals surface area contributed by atoms with Gasteiger partial charge in [0, 0.05) is 12.5 Å². The summed E-state index contributed by atoms with van der Waals surface area (Å²) in [6.45, 7) is 0. The number of carbonyl (C=O) groups is 1. The summed E-state index contributed by atoms with van der Waals surface area (Å²) in [6, 6.07) is 18.2. The number of methoxy groups -OCH3 is 1. The Hall–Kier alpha value is -2.91. The minimum Gasteiger partial charge on any atom is -0.497 e. The topological polar surface area (TPSA) is 79.7 Å². The predicted molar refractivity (Wildman–Crippen MR) is 127 cm³/mol. The molecule has 0 bridgehead atoms. The van der Waals surface area contributed by atoms with Gasteiger partial charge in [0.05, 0.1) is 24.6 Å². The Bertz CT molecular complexity index is 1110. The van der Waals surface area contributed by atoms with Gasteiger partial charge in [-0.05, 0) is 36.1 Å². The van der Waals surface area contributed by atoms with Gasteiger partial charge in [0.15, 0.2) is 4.34 Å². The molecule has 9 heteroatoms. The average molecular weight is 466 g/mol. The number of amides is 1. The number of hydrogen-bond acceptors (Lipinski definition) is 8. The molecule has 0 spiro atoms. The second-order valence-corrected chi connectivity index (χ2v) is 9.92. The SMILES string of the molecule is COc1ccc([C@H]2CC(c3ccccc3)=NN2C(=O)CSc2nnc(NC3CC3)s2)cc1. The maximum Gasteiger partial charge on any atom is 0.253 e. The summed E-state index contributed by atoms with van der Waals surface area (Å²) in [4.78, 5) is 13.2. The molecule has 5 rings (SSSR count). The molecule has 7 nitrogen and oxygen atoms in total. The summed E-state index contributed by atoms with van der Waals surface area (Å²) in [7, 11) is 1.65. The van der Waals surface area contributed by atoms with Crippen LogP contribution in [-0.4, -0.2) is 45.7 Å². The number of benzene rings is 2. The lowest BCUT2D eigenvalue weighted by molar-refractivity contribution is -0.130. The molecule has 32 heavy (non-hydrogen) atoms. The van der Waals surface area contributed by atoms with Crippen molar-refractivity contribution in [3.63, 3.8) is 0 Å². The van der Waals surface area contributed by atoms with Crippen LogP contribution in [0.4, 0.5) is 5.13 Å². The second kappa shape index (κ2) is 9.30. The first-order valence-electron chi connectivity index (χ1n) is 10.5. The molecule has 0 saturated heterocycles. The number of nitrogens with zero attached hydrogens (tertiary/aromatic N) is 4. The second-order valence-electron chi connectivity index (χ2n) is 7.72. The fourth-order valence-electron chi connectivity index (χ4n) is 3.55. The number of hydrazone groups is 1. The molecular weight excluding hydrogens is 442 g/mol. The number of rotatable bonds is 8. The molecule has 2 aromatic carbocycles. The van der Waals surface area contributed by atoms with Crippen molar-refractivity contribution in [2.75, 3.05) is 18.2 Å². The molecule has 2 aliphatic rings. The molecule has 1 N–H and O–H groups in total. The van der Waals surface area contributed by atoms with Crippen molar-refractivity contribution in [1.29, 1.82) is 0 Å². The third-order valence-corrected chi connectivity index (χ3v) is 7.38. The highest BCUT2D eigenvalue weighted by atomic mass is 32.2. The maximum absolute atomic E-state index is 13.2. The third-order valence-electron chi connectivity index (χ3n) is 5.40. The molecule has 1 atom stereocenters. The quantitative estimate of drug-likeness (QED) is 0.490. The van der Waals surface area contributed by atoms with E-state index in [1.807, 2.05) is 54.6 Å². The Morgan fingerprint density at radius 2 is 1.94 bits per heavy atom. The monoisotopic (exact) mass is 465 g/mol. The Morgan fingerprint density at radius 1 is 1.16 bits per heavy atom. The molecular formula is C23H23N5O2S2. The first-order valence-corrected chi connectivity index (χ1v) is 12.3. The van der Waals surface area contributed by atoms with Crippen LogP contribution in [0.25, 0.3) is 0 Å². The molecule has 1 saturated carbocycles. The molecule has 164 valence electrons. The van der Waals surface area contributed by atoms with Crippen LogP contribution in [0.3, 0.4) is 0 Å². The van der Waals surface area contributed by atoms with E-state index in [1.165, 1.54) is 35.9 Å². The van der Waals surface area contributed by atoms with E-state index in [1.54, 1.807) is 12.1 Å². The highest BCUT2D eigenvalue weighted by molar-refractivity contribution is 8.01. The van der Waals surface area contributed by atoms with Crippen molar-refractivity contribution in [3.05, 3.63) is 65.7 Å². The van der Waals surface area contributed by atoms with Crippen molar-refractivity contribution in [2.24, 2.45) is 5.10 Å². The fourth-order valence-corrected chi connectivity index (χ4v) is 5.23. The zero-order valence-electron chi connectivity index (χ0n) is 17.6. The minimum atomic E-state index is -0.147. The Labute approximate surface area is 194 Å². The Kier molecular flexibility index (Phi) is 6.09. The zero-order valence-corrected chi connectivity index (χ0v) is 19.2. The van der Waals surface area contributed by atoms with Crippen LogP contribution in [0.5, 0.6) is 5.75 Å². The largest absolute Gasteiger partial charge is 0.497 e. The average Bonchev–Trinajstić information content (AvgIpc) is 3.35. The molecule has 0 radical (unpaired) electrons. The summed E-state index contributed by atoms with van der Waals surface area (Å²) < 4.78 is 6.07. The lowest BCUT2D eigenvalue weighted by Crippen LogP contribution is -2.28. The van der Waals surface area contributed by atoms with Crippen molar-refractivity contribution >= 4 is 39.8 Å². The van der Waals surface area contributed by atoms with Gasteiger partial charge in [-0.1, -0.05) is 65.6 Å². The van der Waals surface area contributed by atoms with Gasteiger partial charge in [-0.2, -0.15) is 5.10 Å². The molecule has 1 aromatic heterocycles. The number of carbonyl (C=O) groups excluding carboxylic acids is 1. The third kappa shape index (κ3) is 4.78. The van der Waals surface area contributed by atoms with E-state index in [2.05, 4.69) is 15.5 Å². The molecule has 1 aliphatic carbocycles. The van der Waals surface area contributed by atoms with Gasteiger partial charge in [-0.25, -0.2) is 5.01 Å². The summed E-state index contributed by atoms with van der Waals surface area (Å²) in [5.74, 6) is 1.00. The van der Waals surface area contributed by atoms with E-state index < -0.39 is 0 Å². The van der Waals surface area contributed by atoms with Crippen molar-refractivity contribution < 1.29 is 9.53 Å². The molecule has 1 amide bonds. The van der Waals surface area contributed by atoms with Crippen LogP contribution in [0.15, 0.2) is 64.0 Å². The summed E-state index contributed by atoms with van der Waals surface area (Å²) >= 11 is 2.90. The predicted octanol–water partition coefficient (Wildman–Crippen LogP) is 4.59. The van der Waals surface area contributed by atoms with Crippen LogP contribution in [-0.2, 0) is 4.79 Å². The Balaban J connectivity index is 1.32. The van der Waals surface area contributed by atoms with E-state index in [-0.39, 0.29) is 17.7 Å². The molecule has 1 aliphatic heterocycles. The summed E-state index contributed by atoms with van der Waals surface area (Å²) in [5.41, 5.74) is 2.98. The lowest BCUT2D eigenvalue weighted by atomic mass is 9.98. The number of thioether (sulfide) groups is 1. The van der Waals surface area contributed by atoms with Gasteiger partial charge in [0.1, 0.15) is 5.75 Å². The van der Waals surface area contributed by atoms with Gasteiger partial charge >= 0.3 is 0 Å². The molecule has 1 fully saturated rings. The molecule has 0 unspecified atom stereocenters. The highest BCUT2D eigenvalue weighted by Crippen LogP contribution is 2.35. The van der Waals surface area contributed by atoms with Crippen molar-refractivity contribution in [2.45, 2.75) is 35.7 Å². The fraction of sp³-hybridized carbons (Fsp3) is 0.304. The zero-order chi connectivity index (χ0) is 21.9.